The van der Waals surface area contributed by atoms with Gasteiger partial charge in [0.2, 0.25) is 0 Å². The number of hydrogen-bond donors (Lipinski definition) is 2. The molecule has 1 fully saturated rings. The lowest BCUT2D eigenvalue weighted by molar-refractivity contribution is -0.0103. The average Bonchev–Trinajstić information content (AvgIpc) is 2.39. The van der Waals surface area contributed by atoms with Crippen molar-refractivity contribution in [2.45, 2.75) is 19.1 Å². The Hall–Kier alpha value is -1.17. The molecule has 0 spiro atoms. The van der Waals surface area contributed by atoms with Crippen LogP contribution >= 0.6 is 12.2 Å². The number of rotatable bonds is 3. The second-order valence-electron chi connectivity index (χ2n) is 4.55. The molecule has 1 aliphatic heterocycles. The van der Waals surface area contributed by atoms with E-state index in [0.717, 1.165) is 11.3 Å². The summed E-state index contributed by atoms with van der Waals surface area (Å²) < 4.78 is 5.52. The SMILES string of the molecule is CC1COC(CO)CN1c1ccc(C(N)=S)cc1. The molecule has 2 rings (SSSR count). The molecule has 0 aromatic heterocycles. The Kier molecular flexibility index (Phi) is 4.16. The van der Waals surface area contributed by atoms with Gasteiger partial charge in [-0.3, -0.25) is 0 Å². The van der Waals surface area contributed by atoms with E-state index in [9.17, 15) is 5.11 Å². The smallest absolute Gasteiger partial charge is 0.103 e. The van der Waals surface area contributed by atoms with Gasteiger partial charge in [0.15, 0.2) is 0 Å². The molecule has 0 saturated carbocycles. The summed E-state index contributed by atoms with van der Waals surface area (Å²) in [7, 11) is 0. The molecule has 98 valence electrons. The fraction of sp³-hybridized carbons (Fsp3) is 0.462. The van der Waals surface area contributed by atoms with Crippen molar-refractivity contribution in [3.05, 3.63) is 29.8 Å². The molecule has 2 atom stereocenters. The van der Waals surface area contributed by atoms with Gasteiger partial charge in [-0.2, -0.15) is 0 Å². The maximum Gasteiger partial charge on any atom is 0.103 e. The summed E-state index contributed by atoms with van der Waals surface area (Å²) in [5, 5.41) is 9.17. The number of nitrogens with two attached hydrogens (primary N) is 1. The van der Waals surface area contributed by atoms with Crippen molar-refractivity contribution in [3.63, 3.8) is 0 Å². The molecule has 2 unspecified atom stereocenters. The molecule has 0 bridgehead atoms. The highest BCUT2D eigenvalue weighted by molar-refractivity contribution is 7.80. The molecule has 0 radical (unpaired) electrons. The van der Waals surface area contributed by atoms with E-state index in [1.807, 2.05) is 24.3 Å². The topological polar surface area (TPSA) is 58.7 Å². The van der Waals surface area contributed by atoms with Crippen molar-refractivity contribution >= 4 is 22.9 Å². The van der Waals surface area contributed by atoms with Gasteiger partial charge in [-0.15, -0.1) is 0 Å². The monoisotopic (exact) mass is 266 g/mol. The first-order chi connectivity index (χ1) is 8.61. The highest BCUT2D eigenvalue weighted by Crippen LogP contribution is 2.22. The molecule has 0 aliphatic carbocycles. The number of hydrogen-bond acceptors (Lipinski definition) is 4. The molecule has 1 aromatic rings. The molecule has 1 aromatic carbocycles. The van der Waals surface area contributed by atoms with Crippen LogP contribution in [0.4, 0.5) is 5.69 Å². The Morgan fingerprint density at radius 3 is 2.72 bits per heavy atom. The summed E-state index contributed by atoms with van der Waals surface area (Å²) in [6.45, 7) is 3.48. The predicted molar refractivity (Wildman–Crippen MR) is 76.0 cm³/mol. The maximum absolute atomic E-state index is 9.17. The zero-order chi connectivity index (χ0) is 13.1. The first-order valence-corrected chi connectivity index (χ1v) is 6.41. The normalized spacial score (nSPS) is 24.0. The lowest BCUT2D eigenvalue weighted by Crippen LogP contribution is -2.49. The van der Waals surface area contributed by atoms with Crippen LogP contribution in [0.5, 0.6) is 0 Å². The van der Waals surface area contributed by atoms with E-state index in [-0.39, 0.29) is 12.7 Å². The van der Waals surface area contributed by atoms with Crippen LogP contribution in [0.3, 0.4) is 0 Å². The first-order valence-electron chi connectivity index (χ1n) is 6.00. The van der Waals surface area contributed by atoms with Crippen LogP contribution in [0.15, 0.2) is 24.3 Å². The molecule has 1 aliphatic rings. The molecule has 1 saturated heterocycles. The number of aliphatic hydroxyl groups is 1. The Morgan fingerprint density at radius 1 is 1.50 bits per heavy atom. The minimum atomic E-state index is -0.114. The maximum atomic E-state index is 9.17. The van der Waals surface area contributed by atoms with Crippen LogP contribution in [0.1, 0.15) is 12.5 Å². The van der Waals surface area contributed by atoms with Crippen molar-refractivity contribution in [3.8, 4) is 0 Å². The summed E-state index contributed by atoms with van der Waals surface area (Å²) >= 11 is 4.93. The lowest BCUT2D eigenvalue weighted by atomic mass is 10.1. The molecule has 18 heavy (non-hydrogen) atoms. The van der Waals surface area contributed by atoms with Crippen molar-refractivity contribution in [2.24, 2.45) is 5.73 Å². The van der Waals surface area contributed by atoms with Crippen molar-refractivity contribution in [2.75, 3.05) is 24.7 Å². The molecule has 0 amide bonds. The second kappa shape index (κ2) is 5.65. The standard InChI is InChI=1S/C13H18N2O2S/c1-9-8-17-12(7-16)6-15(9)11-4-2-10(3-5-11)13(14)18/h2-5,9,12,16H,6-8H2,1H3,(H2,14,18). The van der Waals surface area contributed by atoms with Crippen LogP contribution in [0, 0.1) is 0 Å². The number of aliphatic hydroxyl groups excluding tert-OH is 1. The summed E-state index contributed by atoms with van der Waals surface area (Å²) in [5.41, 5.74) is 7.55. The van der Waals surface area contributed by atoms with Gasteiger partial charge in [-0.25, -0.2) is 0 Å². The molecule has 5 heteroatoms. The fourth-order valence-electron chi connectivity index (χ4n) is 2.10. The molecule has 4 nitrogen and oxygen atoms in total. The zero-order valence-electron chi connectivity index (χ0n) is 10.4. The van der Waals surface area contributed by atoms with Gasteiger partial charge in [0.25, 0.3) is 0 Å². The second-order valence-corrected chi connectivity index (χ2v) is 4.99. The van der Waals surface area contributed by atoms with Gasteiger partial charge in [-0.05, 0) is 31.2 Å². The third-order valence-corrected chi connectivity index (χ3v) is 3.43. The fourth-order valence-corrected chi connectivity index (χ4v) is 2.24. The van der Waals surface area contributed by atoms with Gasteiger partial charge in [0.1, 0.15) is 4.99 Å². The van der Waals surface area contributed by atoms with Crippen molar-refractivity contribution in [1.29, 1.82) is 0 Å². The van der Waals surface area contributed by atoms with Gasteiger partial charge < -0.3 is 20.5 Å². The van der Waals surface area contributed by atoms with Crippen LogP contribution in [0.25, 0.3) is 0 Å². The largest absolute Gasteiger partial charge is 0.394 e. The summed E-state index contributed by atoms with van der Waals surface area (Å²) in [6.07, 6.45) is -0.114. The Bertz CT molecular complexity index is 422. The van der Waals surface area contributed by atoms with E-state index in [1.54, 1.807) is 0 Å². The highest BCUT2D eigenvalue weighted by Gasteiger charge is 2.25. The van der Waals surface area contributed by atoms with E-state index in [2.05, 4.69) is 11.8 Å². The van der Waals surface area contributed by atoms with E-state index in [0.29, 0.717) is 24.2 Å². The van der Waals surface area contributed by atoms with Gasteiger partial charge in [0.05, 0.1) is 19.3 Å². The van der Waals surface area contributed by atoms with Gasteiger partial charge >= 0.3 is 0 Å². The van der Waals surface area contributed by atoms with E-state index in [1.165, 1.54) is 0 Å². The number of benzene rings is 1. The van der Waals surface area contributed by atoms with E-state index in [4.69, 9.17) is 22.7 Å². The Morgan fingerprint density at radius 2 is 2.17 bits per heavy atom. The number of thiocarbonyl (C=S) groups is 1. The van der Waals surface area contributed by atoms with E-state index >= 15 is 0 Å². The molecular formula is C13H18N2O2S. The summed E-state index contributed by atoms with van der Waals surface area (Å²) in [4.78, 5) is 2.64. The number of morpholine rings is 1. The third kappa shape index (κ3) is 2.80. The highest BCUT2D eigenvalue weighted by atomic mass is 32.1. The first kappa shape index (κ1) is 13.3. The summed E-state index contributed by atoms with van der Waals surface area (Å²) in [6, 6.07) is 8.15. The van der Waals surface area contributed by atoms with Crippen LogP contribution < -0.4 is 10.6 Å². The van der Waals surface area contributed by atoms with Crippen LogP contribution in [-0.2, 0) is 4.74 Å². The summed E-state index contributed by atoms with van der Waals surface area (Å²) in [5.74, 6) is 0. The number of ether oxygens (including phenoxy) is 1. The minimum absolute atomic E-state index is 0.0498. The minimum Gasteiger partial charge on any atom is -0.394 e. The quantitative estimate of drug-likeness (QED) is 0.796. The van der Waals surface area contributed by atoms with Crippen LogP contribution in [0.2, 0.25) is 0 Å². The van der Waals surface area contributed by atoms with Gasteiger partial charge in [0, 0.05) is 23.8 Å². The zero-order valence-corrected chi connectivity index (χ0v) is 11.2. The Balaban J connectivity index is 2.16. The number of anilines is 1. The van der Waals surface area contributed by atoms with Crippen molar-refractivity contribution < 1.29 is 9.84 Å². The average molecular weight is 266 g/mol. The molecule has 1 heterocycles. The molecular weight excluding hydrogens is 248 g/mol. The van der Waals surface area contributed by atoms with Crippen molar-refractivity contribution in [1.82, 2.24) is 0 Å². The van der Waals surface area contributed by atoms with E-state index < -0.39 is 0 Å². The van der Waals surface area contributed by atoms with Gasteiger partial charge in [-0.1, -0.05) is 12.2 Å². The number of nitrogens with zero attached hydrogens (tertiary/aromatic N) is 1. The lowest BCUT2D eigenvalue weighted by Gasteiger charge is -2.39. The molecule has 3 N–H and O–H groups in total. The predicted octanol–water partition coefficient (Wildman–Crippen LogP) is 0.907. The Labute approximate surface area is 112 Å². The van der Waals surface area contributed by atoms with Crippen LogP contribution in [-0.4, -0.2) is 42.0 Å². The third-order valence-electron chi connectivity index (χ3n) is 3.19.